The number of hydrogen-bond donors (Lipinski definition) is 2. The van der Waals surface area contributed by atoms with Crippen LogP contribution in [-0.4, -0.2) is 48.3 Å². The van der Waals surface area contributed by atoms with E-state index in [9.17, 15) is 13.2 Å². The number of hydrogen-bond acceptors (Lipinski definition) is 7. The van der Waals surface area contributed by atoms with Gasteiger partial charge in [-0.3, -0.25) is 4.79 Å². The first-order chi connectivity index (χ1) is 20.7. The van der Waals surface area contributed by atoms with E-state index in [0.29, 0.717) is 41.3 Å². The Balaban J connectivity index is 1.68. The van der Waals surface area contributed by atoms with Crippen LogP contribution in [0.5, 0.6) is 11.5 Å². The zero-order valence-electron chi connectivity index (χ0n) is 25.8. The summed E-state index contributed by atoms with van der Waals surface area (Å²) >= 11 is 0. The minimum atomic E-state index is -3.87. The number of aryl methyl sites for hydroxylation is 1. The van der Waals surface area contributed by atoms with Gasteiger partial charge in [0.25, 0.3) is 5.56 Å². The molecule has 2 aromatic carbocycles. The Bertz CT molecular complexity index is 1700. The van der Waals surface area contributed by atoms with Crippen molar-refractivity contribution < 1.29 is 17.9 Å². The Hall–Kier alpha value is -3.70. The molecule has 0 saturated carbocycles. The highest BCUT2D eigenvalue weighted by molar-refractivity contribution is 7.89. The predicted molar refractivity (Wildman–Crippen MR) is 169 cm³/mol. The van der Waals surface area contributed by atoms with Crippen molar-refractivity contribution in [2.45, 2.75) is 83.5 Å². The summed E-state index contributed by atoms with van der Waals surface area (Å²) in [5.74, 6) is 2.25. The molecule has 0 aliphatic carbocycles. The van der Waals surface area contributed by atoms with E-state index in [1.165, 1.54) is 18.6 Å². The lowest BCUT2D eigenvalue weighted by atomic mass is 9.97. The molecule has 11 heteroatoms. The summed E-state index contributed by atoms with van der Waals surface area (Å²) in [7, 11) is -2.28. The second-order valence-electron chi connectivity index (χ2n) is 10.7. The van der Waals surface area contributed by atoms with Crippen molar-refractivity contribution in [1.82, 2.24) is 24.3 Å². The fourth-order valence-electron chi connectivity index (χ4n) is 5.30. The molecule has 2 aromatic heterocycles. The van der Waals surface area contributed by atoms with E-state index >= 15 is 0 Å². The summed E-state index contributed by atoms with van der Waals surface area (Å²) < 4.78 is 42.1. The molecule has 0 aliphatic heterocycles. The van der Waals surface area contributed by atoms with Crippen LogP contribution in [0, 0.1) is 6.92 Å². The topological polar surface area (TPSA) is 128 Å². The van der Waals surface area contributed by atoms with Crippen LogP contribution in [0.1, 0.15) is 82.3 Å². The summed E-state index contributed by atoms with van der Waals surface area (Å²) in [4.78, 5) is 21.0. The van der Waals surface area contributed by atoms with E-state index in [1.807, 2.05) is 38.1 Å². The van der Waals surface area contributed by atoms with Crippen molar-refractivity contribution in [2.75, 3.05) is 20.3 Å². The van der Waals surface area contributed by atoms with Gasteiger partial charge in [0.2, 0.25) is 10.0 Å². The maximum atomic E-state index is 13.4. The number of aromatic nitrogens is 4. The van der Waals surface area contributed by atoms with E-state index in [2.05, 4.69) is 23.6 Å². The van der Waals surface area contributed by atoms with E-state index < -0.39 is 10.0 Å². The number of aromatic amines is 1. The Morgan fingerprint density at radius 3 is 2.60 bits per heavy atom. The molecular weight excluding hydrogens is 566 g/mol. The molecule has 0 bridgehead atoms. The molecule has 4 rings (SSSR count). The van der Waals surface area contributed by atoms with Crippen LogP contribution in [0.4, 0.5) is 0 Å². The van der Waals surface area contributed by atoms with Crippen molar-refractivity contribution >= 4 is 15.5 Å². The summed E-state index contributed by atoms with van der Waals surface area (Å²) in [5, 5.41) is 4.82. The number of H-pyrrole nitrogens is 1. The second-order valence-corrected chi connectivity index (χ2v) is 12.4. The quantitative estimate of drug-likeness (QED) is 0.154. The Morgan fingerprint density at radius 1 is 1.07 bits per heavy atom. The lowest BCUT2D eigenvalue weighted by molar-refractivity contribution is 0.341. The summed E-state index contributed by atoms with van der Waals surface area (Å²) in [6, 6.07) is 12.1. The average Bonchev–Trinajstić information content (AvgIpc) is 3.33. The lowest BCUT2D eigenvalue weighted by Crippen LogP contribution is -2.26. The molecule has 4 aromatic rings. The molecule has 0 spiro atoms. The van der Waals surface area contributed by atoms with E-state index in [0.717, 1.165) is 43.5 Å². The van der Waals surface area contributed by atoms with Gasteiger partial charge in [0.15, 0.2) is 11.3 Å². The number of fused-ring (bicyclic) bond motifs is 1. The van der Waals surface area contributed by atoms with Crippen molar-refractivity contribution in [2.24, 2.45) is 0 Å². The molecule has 232 valence electrons. The first-order valence-corrected chi connectivity index (χ1v) is 16.6. The zero-order valence-corrected chi connectivity index (χ0v) is 26.6. The van der Waals surface area contributed by atoms with Gasteiger partial charge in [-0.05, 0) is 69.0 Å². The molecule has 0 saturated heterocycles. The van der Waals surface area contributed by atoms with Gasteiger partial charge in [0.1, 0.15) is 17.3 Å². The van der Waals surface area contributed by atoms with Crippen molar-refractivity contribution in [3.05, 3.63) is 69.9 Å². The number of unbranched alkanes of at least 4 members (excludes halogenated alkanes) is 3. The molecule has 0 amide bonds. The molecule has 43 heavy (non-hydrogen) atoms. The Kier molecular flexibility index (Phi) is 11.0. The standard InChI is InChI=1S/C32H43N5O5S/c1-6-9-10-11-14-24(7-2)31-34-22(4)29-32(38)35-30(36-37(29)31)27-21-26(16-17-28(27)42-8-3)43(39,40)33-19-18-23-13-12-15-25(20-23)41-5/h12-13,15-17,20-21,24,33H,6-11,14,18-19H2,1-5H3,(H,35,36,38). The number of ether oxygens (including phenoxy) is 2. The van der Waals surface area contributed by atoms with Crippen molar-refractivity contribution in [3.63, 3.8) is 0 Å². The number of methoxy groups -OCH3 is 1. The van der Waals surface area contributed by atoms with Gasteiger partial charge in [0.05, 0.1) is 29.9 Å². The summed E-state index contributed by atoms with van der Waals surface area (Å²) in [6.07, 6.45) is 6.90. The van der Waals surface area contributed by atoms with E-state index in [4.69, 9.17) is 19.6 Å². The predicted octanol–water partition coefficient (Wildman–Crippen LogP) is 5.79. The van der Waals surface area contributed by atoms with Gasteiger partial charge in [-0.25, -0.2) is 22.6 Å². The number of imidazole rings is 1. The Labute approximate surface area is 253 Å². The third-order valence-corrected chi connectivity index (χ3v) is 9.08. The first kappa shape index (κ1) is 32.2. The number of benzene rings is 2. The zero-order chi connectivity index (χ0) is 31.0. The Morgan fingerprint density at radius 2 is 1.88 bits per heavy atom. The third kappa shape index (κ3) is 7.64. The molecule has 2 N–H and O–H groups in total. The summed E-state index contributed by atoms with van der Waals surface area (Å²) in [6.45, 7) is 8.53. The monoisotopic (exact) mass is 609 g/mol. The highest BCUT2D eigenvalue weighted by Crippen LogP contribution is 2.31. The molecule has 0 fully saturated rings. The SMILES string of the molecule is CCCCCCC(CC)c1nc(C)c2c(=O)[nH]c(-c3cc(S(=O)(=O)NCCc4cccc(OC)c4)ccc3OCC)nn12. The minimum Gasteiger partial charge on any atom is -0.497 e. The van der Waals surface area contributed by atoms with E-state index in [1.54, 1.807) is 17.7 Å². The van der Waals surface area contributed by atoms with E-state index in [-0.39, 0.29) is 28.7 Å². The van der Waals surface area contributed by atoms with Gasteiger partial charge >= 0.3 is 0 Å². The van der Waals surface area contributed by atoms with Crippen LogP contribution in [0.3, 0.4) is 0 Å². The second kappa shape index (κ2) is 14.7. The van der Waals surface area contributed by atoms with Crippen LogP contribution < -0.4 is 19.8 Å². The number of sulfonamides is 1. The fraction of sp³-hybridized carbons (Fsp3) is 0.469. The molecular formula is C32H43N5O5S. The van der Waals surface area contributed by atoms with Crippen molar-refractivity contribution in [1.29, 1.82) is 0 Å². The van der Waals surface area contributed by atoms with Gasteiger partial charge in [-0.2, -0.15) is 0 Å². The fourth-order valence-corrected chi connectivity index (χ4v) is 6.35. The maximum absolute atomic E-state index is 13.4. The van der Waals surface area contributed by atoms with Gasteiger partial charge < -0.3 is 14.5 Å². The van der Waals surface area contributed by atoms with Crippen LogP contribution in [0.2, 0.25) is 0 Å². The third-order valence-electron chi connectivity index (χ3n) is 7.62. The molecule has 2 heterocycles. The molecule has 1 unspecified atom stereocenters. The van der Waals surface area contributed by atoms with Crippen molar-refractivity contribution in [3.8, 4) is 22.9 Å². The molecule has 0 aliphatic rings. The van der Waals surface area contributed by atoms with Crippen LogP contribution >= 0.6 is 0 Å². The van der Waals surface area contributed by atoms with Gasteiger partial charge in [-0.1, -0.05) is 51.7 Å². The number of rotatable bonds is 16. The molecule has 1 atom stereocenters. The van der Waals surface area contributed by atoms with Gasteiger partial charge in [0, 0.05) is 12.5 Å². The van der Waals surface area contributed by atoms with Crippen LogP contribution in [0.15, 0.2) is 52.2 Å². The largest absolute Gasteiger partial charge is 0.497 e. The van der Waals surface area contributed by atoms with Crippen LogP contribution in [0.25, 0.3) is 16.9 Å². The molecule has 0 radical (unpaired) electrons. The van der Waals surface area contributed by atoms with Crippen LogP contribution in [-0.2, 0) is 16.4 Å². The maximum Gasteiger partial charge on any atom is 0.277 e. The highest BCUT2D eigenvalue weighted by atomic mass is 32.2. The normalized spacial score (nSPS) is 12.5. The minimum absolute atomic E-state index is 0.0451. The summed E-state index contributed by atoms with van der Waals surface area (Å²) in [5.41, 5.74) is 2.00. The first-order valence-electron chi connectivity index (χ1n) is 15.1. The number of nitrogens with zero attached hydrogens (tertiary/aromatic N) is 3. The lowest BCUT2D eigenvalue weighted by Gasteiger charge is -2.15. The molecule has 10 nitrogen and oxygen atoms in total. The highest BCUT2D eigenvalue weighted by Gasteiger charge is 2.23. The van der Waals surface area contributed by atoms with Gasteiger partial charge in [-0.15, -0.1) is 5.10 Å². The average molecular weight is 610 g/mol. The smallest absolute Gasteiger partial charge is 0.277 e. The number of nitrogens with one attached hydrogen (secondary N) is 2.